The van der Waals surface area contributed by atoms with Gasteiger partial charge in [-0.3, -0.25) is 9.69 Å². The van der Waals surface area contributed by atoms with Crippen LogP contribution in [0.25, 0.3) is 31.8 Å². The molecule has 0 bridgehead atoms. The SMILES string of the molecule is Cc1ccc2nc(-c3coc4c(CN5CCCCC5)c(O)ccc4c3=O)sc2c1. The van der Waals surface area contributed by atoms with Crippen molar-refractivity contribution in [1.29, 1.82) is 0 Å². The zero-order valence-electron chi connectivity index (χ0n) is 16.3. The summed E-state index contributed by atoms with van der Waals surface area (Å²) in [6.45, 7) is 4.64. The number of piperidine rings is 1. The Morgan fingerprint density at radius 1 is 1.17 bits per heavy atom. The van der Waals surface area contributed by atoms with E-state index in [1.807, 2.05) is 19.1 Å². The number of rotatable bonds is 3. The van der Waals surface area contributed by atoms with Crippen molar-refractivity contribution in [3.8, 4) is 16.3 Å². The second-order valence-corrected chi connectivity index (χ2v) is 8.78. The zero-order valence-corrected chi connectivity index (χ0v) is 17.1. The lowest BCUT2D eigenvalue weighted by atomic mass is 10.1. The van der Waals surface area contributed by atoms with E-state index in [1.165, 1.54) is 24.0 Å². The molecule has 0 aliphatic carbocycles. The van der Waals surface area contributed by atoms with Gasteiger partial charge in [0.05, 0.1) is 26.7 Å². The van der Waals surface area contributed by atoms with Crippen molar-refractivity contribution in [2.24, 2.45) is 0 Å². The molecule has 0 radical (unpaired) electrons. The van der Waals surface area contributed by atoms with Gasteiger partial charge < -0.3 is 9.52 Å². The van der Waals surface area contributed by atoms with Gasteiger partial charge in [0, 0.05) is 6.54 Å². The van der Waals surface area contributed by atoms with Gasteiger partial charge in [0.25, 0.3) is 0 Å². The molecule has 1 saturated heterocycles. The highest BCUT2D eigenvalue weighted by Crippen LogP contribution is 2.33. The van der Waals surface area contributed by atoms with Gasteiger partial charge in [-0.05, 0) is 62.7 Å². The average molecular weight is 407 g/mol. The Balaban J connectivity index is 1.61. The van der Waals surface area contributed by atoms with Crippen LogP contribution in [0.4, 0.5) is 0 Å². The highest BCUT2D eigenvalue weighted by molar-refractivity contribution is 7.21. The van der Waals surface area contributed by atoms with E-state index in [0.717, 1.165) is 41.7 Å². The van der Waals surface area contributed by atoms with Crippen molar-refractivity contribution in [2.45, 2.75) is 32.7 Å². The first-order chi connectivity index (χ1) is 14.1. The molecule has 2 aromatic heterocycles. The van der Waals surface area contributed by atoms with Crippen molar-refractivity contribution >= 4 is 32.5 Å². The Morgan fingerprint density at radius 3 is 2.83 bits per heavy atom. The minimum Gasteiger partial charge on any atom is -0.507 e. The topological polar surface area (TPSA) is 66.6 Å². The molecule has 5 rings (SSSR count). The van der Waals surface area contributed by atoms with Gasteiger partial charge in [0.2, 0.25) is 5.43 Å². The van der Waals surface area contributed by atoms with E-state index in [-0.39, 0.29) is 11.2 Å². The Bertz CT molecular complexity index is 1270. The van der Waals surface area contributed by atoms with E-state index in [2.05, 4.69) is 16.0 Å². The molecule has 4 aromatic rings. The van der Waals surface area contributed by atoms with Crippen molar-refractivity contribution < 1.29 is 9.52 Å². The predicted octanol–water partition coefficient (Wildman–Crippen LogP) is 5.07. The number of fused-ring (bicyclic) bond motifs is 2. The second kappa shape index (κ2) is 7.28. The fourth-order valence-electron chi connectivity index (χ4n) is 4.04. The minimum atomic E-state index is -0.109. The van der Waals surface area contributed by atoms with Crippen LogP contribution in [0, 0.1) is 6.92 Å². The maximum Gasteiger partial charge on any atom is 0.202 e. The van der Waals surface area contributed by atoms with Gasteiger partial charge in [0.1, 0.15) is 22.6 Å². The number of aromatic nitrogens is 1. The van der Waals surface area contributed by atoms with E-state index in [1.54, 1.807) is 12.1 Å². The van der Waals surface area contributed by atoms with Crippen molar-refractivity contribution in [3.63, 3.8) is 0 Å². The number of thiazole rings is 1. The van der Waals surface area contributed by atoms with Gasteiger partial charge in [-0.15, -0.1) is 11.3 Å². The number of aryl methyl sites for hydroxylation is 1. The highest BCUT2D eigenvalue weighted by Gasteiger charge is 2.20. The van der Waals surface area contributed by atoms with Gasteiger partial charge in [-0.25, -0.2) is 4.98 Å². The van der Waals surface area contributed by atoms with Gasteiger partial charge in [-0.2, -0.15) is 0 Å². The van der Waals surface area contributed by atoms with Crippen LogP contribution in [0.3, 0.4) is 0 Å². The fourth-order valence-corrected chi connectivity index (χ4v) is 5.10. The first kappa shape index (κ1) is 18.3. The van der Waals surface area contributed by atoms with Crippen LogP contribution < -0.4 is 5.43 Å². The molecular weight excluding hydrogens is 384 g/mol. The molecule has 1 fully saturated rings. The molecule has 1 aliphatic heterocycles. The van der Waals surface area contributed by atoms with Crippen LogP contribution in [0.15, 0.2) is 45.8 Å². The second-order valence-electron chi connectivity index (χ2n) is 7.75. The normalized spacial score (nSPS) is 15.3. The summed E-state index contributed by atoms with van der Waals surface area (Å²) < 4.78 is 6.98. The molecule has 0 saturated carbocycles. The molecule has 0 unspecified atom stereocenters. The van der Waals surface area contributed by atoms with Gasteiger partial charge in [0.15, 0.2) is 0 Å². The lowest BCUT2D eigenvalue weighted by molar-refractivity contribution is 0.218. The smallest absolute Gasteiger partial charge is 0.202 e. The number of hydrogen-bond acceptors (Lipinski definition) is 6. The molecule has 29 heavy (non-hydrogen) atoms. The maximum atomic E-state index is 13.2. The summed E-state index contributed by atoms with van der Waals surface area (Å²) >= 11 is 1.49. The van der Waals surface area contributed by atoms with Crippen molar-refractivity contribution in [2.75, 3.05) is 13.1 Å². The maximum absolute atomic E-state index is 13.2. The van der Waals surface area contributed by atoms with Crippen LogP contribution in [0.2, 0.25) is 0 Å². The first-order valence-corrected chi connectivity index (χ1v) is 10.8. The summed E-state index contributed by atoms with van der Waals surface area (Å²) in [5.74, 6) is 0.175. The number of benzene rings is 2. The van der Waals surface area contributed by atoms with E-state index in [0.29, 0.717) is 33.6 Å². The standard InChI is InChI=1S/C23H22N2O3S/c1-14-5-7-18-20(11-14)29-23(24-18)17-13-28-22-15(21(17)27)6-8-19(26)16(22)12-25-9-3-2-4-10-25/h5-8,11,13,26H,2-4,9-10,12H2,1H3. The third-order valence-corrected chi connectivity index (χ3v) is 6.68. The van der Waals surface area contributed by atoms with Crippen molar-refractivity contribution in [1.82, 2.24) is 9.88 Å². The van der Waals surface area contributed by atoms with Gasteiger partial charge in [-0.1, -0.05) is 12.5 Å². The summed E-state index contributed by atoms with van der Waals surface area (Å²) in [6.07, 6.45) is 5.07. The Hall–Kier alpha value is -2.70. The molecule has 148 valence electrons. The number of nitrogens with zero attached hydrogens (tertiary/aromatic N) is 2. The molecule has 3 heterocycles. The number of phenolic OH excluding ortho intramolecular Hbond substituents is 1. The van der Waals surface area contributed by atoms with Crippen LogP contribution in [-0.4, -0.2) is 28.1 Å². The third kappa shape index (κ3) is 3.32. The fraction of sp³-hybridized carbons (Fsp3) is 0.304. The molecular formula is C23H22N2O3S. The molecule has 0 amide bonds. The Morgan fingerprint density at radius 2 is 2.00 bits per heavy atom. The highest BCUT2D eigenvalue weighted by atomic mass is 32.1. The van der Waals surface area contributed by atoms with Crippen molar-refractivity contribution in [3.05, 3.63) is 57.9 Å². The summed E-state index contributed by atoms with van der Waals surface area (Å²) in [4.78, 5) is 20.2. The molecule has 0 spiro atoms. The lowest BCUT2D eigenvalue weighted by Gasteiger charge is -2.26. The molecule has 1 aliphatic rings. The number of likely N-dealkylation sites (tertiary alicyclic amines) is 1. The number of phenols is 1. The van der Waals surface area contributed by atoms with Crippen LogP contribution >= 0.6 is 11.3 Å². The Kier molecular flexibility index (Phi) is 4.60. The molecule has 5 nitrogen and oxygen atoms in total. The van der Waals surface area contributed by atoms with E-state index >= 15 is 0 Å². The van der Waals surface area contributed by atoms with Gasteiger partial charge >= 0.3 is 0 Å². The van der Waals surface area contributed by atoms with Crippen LogP contribution in [0.1, 0.15) is 30.4 Å². The summed E-state index contributed by atoms with van der Waals surface area (Å²) in [7, 11) is 0. The largest absolute Gasteiger partial charge is 0.507 e. The average Bonchev–Trinajstić information content (AvgIpc) is 3.14. The monoisotopic (exact) mass is 406 g/mol. The molecule has 6 heteroatoms. The number of hydrogen-bond donors (Lipinski definition) is 1. The summed E-state index contributed by atoms with van der Waals surface area (Å²) in [5, 5.41) is 11.6. The summed E-state index contributed by atoms with van der Waals surface area (Å²) in [6, 6.07) is 9.32. The van der Waals surface area contributed by atoms with Crippen LogP contribution in [-0.2, 0) is 6.54 Å². The molecule has 0 atom stereocenters. The molecule has 2 aromatic carbocycles. The quantitative estimate of drug-likeness (QED) is 0.514. The Labute approximate surface area is 172 Å². The minimum absolute atomic E-state index is 0.109. The first-order valence-electron chi connectivity index (χ1n) is 9.96. The van der Waals surface area contributed by atoms with E-state index < -0.39 is 0 Å². The van der Waals surface area contributed by atoms with E-state index in [4.69, 9.17) is 4.42 Å². The lowest BCUT2D eigenvalue weighted by Crippen LogP contribution is -2.29. The molecule has 1 N–H and O–H groups in total. The predicted molar refractivity (Wildman–Crippen MR) is 117 cm³/mol. The van der Waals surface area contributed by atoms with E-state index in [9.17, 15) is 9.90 Å². The zero-order chi connectivity index (χ0) is 20.0. The summed E-state index contributed by atoms with van der Waals surface area (Å²) in [5.41, 5.74) is 3.56. The third-order valence-electron chi connectivity index (χ3n) is 5.62. The number of aromatic hydroxyl groups is 1. The van der Waals surface area contributed by atoms with Crippen LogP contribution in [0.5, 0.6) is 5.75 Å².